The first-order chi connectivity index (χ1) is 8.12. The van der Waals surface area contributed by atoms with Crippen molar-refractivity contribution in [1.29, 1.82) is 0 Å². The highest BCUT2D eigenvalue weighted by Crippen LogP contribution is 2.33. The third kappa shape index (κ3) is 2.75. The van der Waals surface area contributed by atoms with Gasteiger partial charge in [0, 0.05) is 24.5 Å². The van der Waals surface area contributed by atoms with Gasteiger partial charge in [-0.1, -0.05) is 12.8 Å². The van der Waals surface area contributed by atoms with Crippen molar-refractivity contribution in [3.63, 3.8) is 0 Å². The van der Waals surface area contributed by atoms with Crippen molar-refractivity contribution in [2.45, 2.75) is 38.1 Å². The van der Waals surface area contributed by atoms with Crippen molar-refractivity contribution >= 4 is 5.95 Å². The molecular formula is C13H22N4. The van der Waals surface area contributed by atoms with Gasteiger partial charge in [-0.05, 0) is 39.4 Å². The molecule has 1 heterocycles. The molecular weight excluding hydrogens is 212 g/mol. The van der Waals surface area contributed by atoms with E-state index in [0.717, 1.165) is 18.1 Å². The molecule has 1 aromatic heterocycles. The highest BCUT2D eigenvalue weighted by Gasteiger charge is 2.35. The van der Waals surface area contributed by atoms with Crippen LogP contribution in [0, 0.1) is 6.92 Å². The summed E-state index contributed by atoms with van der Waals surface area (Å²) in [4.78, 5) is 10.9. The molecule has 0 amide bonds. The van der Waals surface area contributed by atoms with Crippen molar-refractivity contribution in [1.82, 2.24) is 14.9 Å². The van der Waals surface area contributed by atoms with E-state index in [-0.39, 0.29) is 5.54 Å². The van der Waals surface area contributed by atoms with Crippen molar-refractivity contribution in [2.75, 3.05) is 26.0 Å². The molecule has 1 aromatic rings. The minimum atomic E-state index is 0.286. The third-order valence-corrected chi connectivity index (χ3v) is 3.84. The molecule has 94 valence electrons. The van der Waals surface area contributed by atoms with E-state index in [1.807, 2.05) is 19.3 Å². The van der Waals surface area contributed by atoms with E-state index >= 15 is 0 Å². The summed E-state index contributed by atoms with van der Waals surface area (Å²) < 4.78 is 0. The molecule has 2 rings (SSSR count). The molecule has 1 N–H and O–H groups in total. The van der Waals surface area contributed by atoms with Crippen LogP contribution in [-0.2, 0) is 0 Å². The topological polar surface area (TPSA) is 41.1 Å². The lowest BCUT2D eigenvalue weighted by Gasteiger charge is -2.36. The smallest absolute Gasteiger partial charge is 0.222 e. The Balaban J connectivity index is 1.98. The Hall–Kier alpha value is -1.16. The maximum absolute atomic E-state index is 4.29. The Morgan fingerprint density at radius 1 is 1.24 bits per heavy atom. The lowest BCUT2D eigenvalue weighted by atomic mass is 9.96. The molecule has 0 spiro atoms. The molecule has 0 atom stereocenters. The lowest BCUT2D eigenvalue weighted by Crippen LogP contribution is -2.47. The molecule has 1 saturated carbocycles. The van der Waals surface area contributed by atoms with Gasteiger partial charge in [-0.15, -0.1) is 0 Å². The van der Waals surface area contributed by atoms with Gasteiger partial charge in [-0.3, -0.25) is 0 Å². The summed E-state index contributed by atoms with van der Waals surface area (Å²) in [6.45, 7) is 2.94. The molecule has 0 aliphatic heterocycles. The summed E-state index contributed by atoms with van der Waals surface area (Å²) in [6, 6.07) is 0. The number of aromatic nitrogens is 2. The predicted molar refractivity (Wildman–Crippen MR) is 70.1 cm³/mol. The van der Waals surface area contributed by atoms with Crippen molar-refractivity contribution in [3.8, 4) is 0 Å². The van der Waals surface area contributed by atoms with Crippen LogP contribution < -0.4 is 5.32 Å². The number of anilines is 1. The second kappa shape index (κ2) is 5.00. The third-order valence-electron chi connectivity index (χ3n) is 3.84. The molecule has 0 bridgehead atoms. The number of aryl methyl sites for hydroxylation is 1. The SMILES string of the molecule is Cc1cnc(NCC2(N(C)C)CCCC2)nc1. The highest BCUT2D eigenvalue weighted by atomic mass is 15.2. The van der Waals surface area contributed by atoms with Crippen LogP contribution in [0.15, 0.2) is 12.4 Å². The van der Waals surface area contributed by atoms with E-state index in [1.165, 1.54) is 25.7 Å². The van der Waals surface area contributed by atoms with E-state index < -0.39 is 0 Å². The standard InChI is InChI=1S/C13H22N4/c1-11-8-14-12(15-9-11)16-10-13(17(2)3)6-4-5-7-13/h8-9H,4-7,10H2,1-3H3,(H,14,15,16). The molecule has 17 heavy (non-hydrogen) atoms. The molecule has 4 nitrogen and oxygen atoms in total. The van der Waals surface area contributed by atoms with Gasteiger partial charge in [0.1, 0.15) is 0 Å². The first kappa shape index (κ1) is 12.3. The largest absolute Gasteiger partial charge is 0.352 e. The number of rotatable bonds is 4. The Kier molecular flexibility index (Phi) is 3.62. The van der Waals surface area contributed by atoms with Crippen molar-refractivity contribution in [2.24, 2.45) is 0 Å². The van der Waals surface area contributed by atoms with Crippen molar-refractivity contribution in [3.05, 3.63) is 18.0 Å². The Labute approximate surface area is 103 Å². The Morgan fingerprint density at radius 2 is 1.82 bits per heavy atom. The number of hydrogen-bond acceptors (Lipinski definition) is 4. The summed E-state index contributed by atoms with van der Waals surface area (Å²) in [5.41, 5.74) is 1.38. The highest BCUT2D eigenvalue weighted by molar-refractivity contribution is 5.25. The van der Waals surface area contributed by atoms with Crippen LogP contribution in [0.1, 0.15) is 31.2 Å². The molecule has 1 aliphatic carbocycles. The summed E-state index contributed by atoms with van der Waals surface area (Å²) in [5, 5.41) is 3.37. The molecule has 1 aliphatic rings. The van der Waals surface area contributed by atoms with Gasteiger partial charge in [0.25, 0.3) is 0 Å². The van der Waals surface area contributed by atoms with Crippen LogP contribution in [-0.4, -0.2) is 41.0 Å². The van der Waals surface area contributed by atoms with Gasteiger partial charge in [0.05, 0.1) is 0 Å². The number of likely N-dealkylation sites (N-methyl/N-ethyl adjacent to an activating group) is 1. The fourth-order valence-electron chi connectivity index (χ4n) is 2.54. The predicted octanol–water partition coefficient (Wildman–Crippen LogP) is 2.07. The minimum absolute atomic E-state index is 0.286. The van der Waals surface area contributed by atoms with Crippen LogP contribution in [0.4, 0.5) is 5.95 Å². The average Bonchev–Trinajstić information content (AvgIpc) is 2.78. The van der Waals surface area contributed by atoms with Gasteiger partial charge < -0.3 is 10.2 Å². The van der Waals surface area contributed by atoms with Gasteiger partial charge in [-0.2, -0.15) is 0 Å². The Morgan fingerprint density at radius 3 is 2.35 bits per heavy atom. The molecule has 0 radical (unpaired) electrons. The number of nitrogens with zero attached hydrogens (tertiary/aromatic N) is 3. The summed E-state index contributed by atoms with van der Waals surface area (Å²) in [6.07, 6.45) is 8.89. The van der Waals surface area contributed by atoms with Crippen LogP contribution in [0.3, 0.4) is 0 Å². The van der Waals surface area contributed by atoms with E-state index in [1.54, 1.807) is 0 Å². The molecule has 0 aromatic carbocycles. The first-order valence-corrected chi connectivity index (χ1v) is 6.32. The van der Waals surface area contributed by atoms with Crippen LogP contribution in [0.2, 0.25) is 0 Å². The van der Waals surface area contributed by atoms with E-state index in [9.17, 15) is 0 Å². The fraction of sp³-hybridized carbons (Fsp3) is 0.692. The summed E-state index contributed by atoms with van der Waals surface area (Å²) in [5.74, 6) is 0.740. The monoisotopic (exact) mass is 234 g/mol. The van der Waals surface area contributed by atoms with Crippen LogP contribution in [0.5, 0.6) is 0 Å². The van der Waals surface area contributed by atoms with Gasteiger partial charge in [0.15, 0.2) is 0 Å². The van der Waals surface area contributed by atoms with E-state index in [0.29, 0.717) is 0 Å². The lowest BCUT2D eigenvalue weighted by molar-refractivity contribution is 0.172. The van der Waals surface area contributed by atoms with E-state index in [2.05, 4.69) is 34.3 Å². The second-order valence-corrected chi connectivity index (χ2v) is 5.26. The van der Waals surface area contributed by atoms with Crippen LogP contribution >= 0.6 is 0 Å². The first-order valence-electron chi connectivity index (χ1n) is 6.32. The molecule has 0 unspecified atom stereocenters. The second-order valence-electron chi connectivity index (χ2n) is 5.26. The van der Waals surface area contributed by atoms with E-state index in [4.69, 9.17) is 0 Å². The zero-order valence-electron chi connectivity index (χ0n) is 11.0. The molecule has 1 fully saturated rings. The maximum atomic E-state index is 4.29. The fourth-order valence-corrected chi connectivity index (χ4v) is 2.54. The zero-order valence-corrected chi connectivity index (χ0v) is 11.0. The van der Waals surface area contributed by atoms with Crippen LogP contribution in [0.25, 0.3) is 0 Å². The summed E-state index contributed by atoms with van der Waals surface area (Å²) >= 11 is 0. The molecule has 0 saturated heterocycles. The summed E-state index contributed by atoms with van der Waals surface area (Å²) in [7, 11) is 4.34. The minimum Gasteiger partial charge on any atom is -0.352 e. The average molecular weight is 234 g/mol. The zero-order chi connectivity index (χ0) is 12.3. The maximum Gasteiger partial charge on any atom is 0.222 e. The quantitative estimate of drug-likeness (QED) is 0.866. The van der Waals surface area contributed by atoms with Gasteiger partial charge in [-0.25, -0.2) is 9.97 Å². The van der Waals surface area contributed by atoms with Crippen molar-refractivity contribution < 1.29 is 0 Å². The number of nitrogens with one attached hydrogen (secondary N) is 1. The normalized spacial score (nSPS) is 18.6. The Bertz CT molecular complexity index is 352. The number of hydrogen-bond donors (Lipinski definition) is 1. The van der Waals surface area contributed by atoms with Gasteiger partial charge >= 0.3 is 0 Å². The van der Waals surface area contributed by atoms with Gasteiger partial charge in [0.2, 0.25) is 5.95 Å². The molecule has 4 heteroatoms.